The van der Waals surface area contributed by atoms with Gasteiger partial charge in [-0.25, -0.2) is 0 Å². The van der Waals surface area contributed by atoms with Crippen molar-refractivity contribution in [2.75, 3.05) is 13.7 Å². The van der Waals surface area contributed by atoms with E-state index in [1.165, 1.54) is 7.11 Å². The van der Waals surface area contributed by atoms with Crippen LogP contribution in [0, 0.1) is 5.41 Å². The number of hydrogen-bond acceptors (Lipinski definition) is 3. The lowest BCUT2D eigenvalue weighted by Gasteiger charge is -2.21. The summed E-state index contributed by atoms with van der Waals surface area (Å²) in [6, 6.07) is 0. The zero-order valence-corrected chi connectivity index (χ0v) is 6.70. The van der Waals surface area contributed by atoms with E-state index in [9.17, 15) is 4.79 Å². The van der Waals surface area contributed by atoms with Crippen LogP contribution in [0.5, 0.6) is 0 Å². The maximum absolute atomic E-state index is 11.1. The standard InChI is InChI=1S/C8H11NO2/c1-8(7(10)11-2)4-3-5-9-6-8/h3-5H,6H2,1-2H3. The van der Waals surface area contributed by atoms with Crippen LogP contribution in [-0.4, -0.2) is 25.8 Å². The van der Waals surface area contributed by atoms with E-state index in [2.05, 4.69) is 9.73 Å². The minimum atomic E-state index is -0.552. The first-order valence-electron chi connectivity index (χ1n) is 3.45. The van der Waals surface area contributed by atoms with Gasteiger partial charge in [-0.2, -0.15) is 0 Å². The largest absolute Gasteiger partial charge is 0.468 e. The molecular formula is C8H11NO2. The number of rotatable bonds is 1. The van der Waals surface area contributed by atoms with Crippen molar-refractivity contribution < 1.29 is 9.53 Å². The fourth-order valence-electron chi connectivity index (χ4n) is 0.977. The number of dihydropyridines is 1. The Morgan fingerprint density at radius 1 is 1.73 bits per heavy atom. The summed E-state index contributed by atoms with van der Waals surface area (Å²) in [7, 11) is 1.39. The van der Waals surface area contributed by atoms with Crippen molar-refractivity contribution in [1.82, 2.24) is 0 Å². The van der Waals surface area contributed by atoms with Gasteiger partial charge in [0, 0.05) is 6.21 Å². The van der Waals surface area contributed by atoms with Crippen molar-refractivity contribution in [3.05, 3.63) is 12.2 Å². The Bertz CT molecular complexity index is 220. The molecule has 0 saturated heterocycles. The summed E-state index contributed by atoms with van der Waals surface area (Å²) < 4.78 is 4.63. The fraction of sp³-hybridized carbons (Fsp3) is 0.500. The molecule has 3 nitrogen and oxygen atoms in total. The Morgan fingerprint density at radius 2 is 2.45 bits per heavy atom. The minimum Gasteiger partial charge on any atom is -0.468 e. The van der Waals surface area contributed by atoms with E-state index >= 15 is 0 Å². The lowest BCUT2D eigenvalue weighted by molar-refractivity contribution is -0.148. The van der Waals surface area contributed by atoms with Gasteiger partial charge < -0.3 is 4.74 Å². The first-order chi connectivity index (χ1) is 5.19. The normalized spacial score (nSPS) is 28.5. The van der Waals surface area contributed by atoms with E-state index in [-0.39, 0.29) is 5.97 Å². The molecule has 0 aliphatic carbocycles. The van der Waals surface area contributed by atoms with E-state index in [1.807, 2.05) is 13.0 Å². The van der Waals surface area contributed by atoms with Crippen LogP contribution >= 0.6 is 0 Å². The Morgan fingerprint density at radius 3 is 2.91 bits per heavy atom. The van der Waals surface area contributed by atoms with Crippen LogP contribution in [0.2, 0.25) is 0 Å². The van der Waals surface area contributed by atoms with Gasteiger partial charge in [0.25, 0.3) is 0 Å². The van der Waals surface area contributed by atoms with Gasteiger partial charge in [0.05, 0.1) is 13.7 Å². The van der Waals surface area contributed by atoms with Crippen LogP contribution in [0.25, 0.3) is 0 Å². The predicted octanol–water partition coefficient (Wildman–Crippen LogP) is 0.806. The van der Waals surface area contributed by atoms with Crippen molar-refractivity contribution in [2.24, 2.45) is 10.4 Å². The molecule has 1 aliphatic heterocycles. The highest BCUT2D eigenvalue weighted by atomic mass is 16.5. The molecule has 0 aromatic rings. The lowest BCUT2D eigenvalue weighted by Crippen LogP contribution is -2.31. The number of carbonyl (C=O) groups is 1. The number of hydrogen-bond donors (Lipinski definition) is 0. The molecule has 60 valence electrons. The second-order valence-electron chi connectivity index (χ2n) is 2.76. The van der Waals surface area contributed by atoms with Crippen LogP contribution in [0.3, 0.4) is 0 Å². The zero-order valence-electron chi connectivity index (χ0n) is 6.70. The average molecular weight is 153 g/mol. The first kappa shape index (κ1) is 7.98. The number of nitrogens with zero attached hydrogens (tertiary/aromatic N) is 1. The molecule has 1 heterocycles. The third-order valence-corrected chi connectivity index (χ3v) is 1.73. The van der Waals surface area contributed by atoms with Crippen LogP contribution < -0.4 is 0 Å². The molecule has 0 aromatic carbocycles. The molecule has 0 N–H and O–H groups in total. The number of allylic oxidation sites excluding steroid dienone is 1. The van der Waals surface area contributed by atoms with E-state index < -0.39 is 5.41 Å². The third-order valence-electron chi connectivity index (χ3n) is 1.73. The fourth-order valence-corrected chi connectivity index (χ4v) is 0.977. The smallest absolute Gasteiger partial charge is 0.317 e. The SMILES string of the molecule is COC(=O)C1(C)C=CC=NC1. The monoisotopic (exact) mass is 153 g/mol. The molecule has 0 bridgehead atoms. The van der Waals surface area contributed by atoms with E-state index in [1.54, 1.807) is 12.3 Å². The van der Waals surface area contributed by atoms with E-state index in [0.29, 0.717) is 6.54 Å². The summed E-state index contributed by atoms with van der Waals surface area (Å²) in [5.74, 6) is -0.231. The number of aliphatic imine (C=N–C) groups is 1. The molecule has 11 heavy (non-hydrogen) atoms. The van der Waals surface area contributed by atoms with Gasteiger partial charge in [-0.3, -0.25) is 9.79 Å². The Balaban J connectivity index is 2.75. The minimum absolute atomic E-state index is 0.231. The Kier molecular flexibility index (Phi) is 2.08. The molecule has 0 fully saturated rings. The highest BCUT2D eigenvalue weighted by Crippen LogP contribution is 2.22. The van der Waals surface area contributed by atoms with Crippen molar-refractivity contribution >= 4 is 12.2 Å². The number of esters is 1. The second-order valence-corrected chi connectivity index (χ2v) is 2.76. The summed E-state index contributed by atoms with van der Waals surface area (Å²) in [5.41, 5.74) is -0.552. The molecule has 1 atom stereocenters. The molecule has 1 aliphatic rings. The van der Waals surface area contributed by atoms with Crippen LogP contribution in [0.15, 0.2) is 17.1 Å². The molecule has 0 amide bonds. The zero-order chi connectivity index (χ0) is 8.32. The summed E-state index contributed by atoms with van der Waals surface area (Å²) >= 11 is 0. The quantitative estimate of drug-likeness (QED) is 0.523. The molecule has 3 heteroatoms. The van der Waals surface area contributed by atoms with Gasteiger partial charge in [-0.1, -0.05) is 6.08 Å². The first-order valence-corrected chi connectivity index (χ1v) is 3.45. The summed E-state index contributed by atoms with van der Waals surface area (Å²) in [5, 5.41) is 0. The maximum atomic E-state index is 11.1. The third kappa shape index (κ3) is 1.48. The van der Waals surface area contributed by atoms with Gasteiger partial charge in [0.1, 0.15) is 5.41 Å². The van der Waals surface area contributed by atoms with Crippen LogP contribution in [0.4, 0.5) is 0 Å². The predicted molar refractivity (Wildman–Crippen MR) is 42.6 cm³/mol. The van der Waals surface area contributed by atoms with Crippen LogP contribution in [0.1, 0.15) is 6.92 Å². The summed E-state index contributed by atoms with van der Waals surface area (Å²) in [6.07, 6.45) is 5.26. The molecule has 1 rings (SSSR count). The molecule has 0 saturated carbocycles. The number of ether oxygens (including phenoxy) is 1. The van der Waals surface area contributed by atoms with E-state index in [4.69, 9.17) is 0 Å². The molecule has 1 unspecified atom stereocenters. The van der Waals surface area contributed by atoms with Gasteiger partial charge in [-0.15, -0.1) is 0 Å². The topological polar surface area (TPSA) is 38.7 Å². The van der Waals surface area contributed by atoms with Crippen molar-refractivity contribution in [1.29, 1.82) is 0 Å². The van der Waals surface area contributed by atoms with Gasteiger partial charge in [-0.05, 0) is 13.0 Å². The van der Waals surface area contributed by atoms with Crippen molar-refractivity contribution in [2.45, 2.75) is 6.92 Å². The Labute approximate surface area is 65.8 Å². The second kappa shape index (κ2) is 2.86. The van der Waals surface area contributed by atoms with E-state index in [0.717, 1.165) is 0 Å². The molecule has 0 spiro atoms. The van der Waals surface area contributed by atoms with Gasteiger partial charge in [0.2, 0.25) is 0 Å². The van der Waals surface area contributed by atoms with Gasteiger partial charge >= 0.3 is 5.97 Å². The highest BCUT2D eigenvalue weighted by molar-refractivity contribution is 5.83. The van der Waals surface area contributed by atoms with Crippen molar-refractivity contribution in [3.63, 3.8) is 0 Å². The Hall–Kier alpha value is -1.12. The number of carbonyl (C=O) groups excluding carboxylic acids is 1. The molecule has 0 radical (unpaired) electrons. The lowest BCUT2D eigenvalue weighted by atomic mass is 9.89. The molecular weight excluding hydrogens is 142 g/mol. The van der Waals surface area contributed by atoms with Gasteiger partial charge in [0.15, 0.2) is 0 Å². The van der Waals surface area contributed by atoms with Crippen LogP contribution in [-0.2, 0) is 9.53 Å². The average Bonchev–Trinajstić information content (AvgIpc) is 2.04. The summed E-state index contributed by atoms with van der Waals surface area (Å²) in [6.45, 7) is 2.29. The number of methoxy groups -OCH3 is 1. The maximum Gasteiger partial charge on any atom is 0.317 e. The van der Waals surface area contributed by atoms with Crippen molar-refractivity contribution in [3.8, 4) is 0 Å². The highest BCUT2D eigenvalue weighted by Gasteiger charge is 2.31. The summed E-state index contributed by atoms with van der Waals surface area (Å²) in [4.78, 5) is 15.1. The molecule has 0 aromatic heterocycles.